The van der Waals surface area contributed by atoms with Crippen LogP contribution in [0.5, 0.6) is 17.2 Å². The van der Waals surface area contributed by atoms with Crippen LogP contribution in [0.2, 0.25) is 0 Å². The van der Waals surface area contributed by atoms with Gasteiger partial charge in [-0.25, -0.2) is 8.42 Å². The highest BCUT2D eigenvalue weighted by Crippen LogP contribution is 2.44. The summed E-state index contributed by atoms with van der Waals surface area (Å²) in [6.45, 7) is 5.94. The van der Waals surface area contributed by atoms with Gasteiger partial charge in [0.2, 0.25) is 0 Å². The van der Waals surface area contributed by atoms with Crippen LogP contribution in [0.15, 0.2) is 41.3 Å². The first kappa shape index (κ1) is 24.4. The first-order valence-corrected chi connectivity index (χ1v) is 12.2. The highest BCUT2D eigenvalue weighted by molar-refractivity contribution is 7.97. The van der Waals surface area contributed by atoms with Gasteiger partial charge in [0.05, 0.1) is 26.5 Å². The van der Waals surface area contributed by atoms with Crippen LogP contribution in [0.1, 0.15) is 31.9 Å². The van der Waals surface area contributed by atoms with Crippen LogP contribution in [-0.4, -0.2) is 48.2 Å². The lowest BCUT2D eigenvalue weighted by Crippen LogP contribution is -2.41. The summed E-state index contributed by atoms with van der Waals surface area (Å²) in [7, 11) is -1.06. The highest BCUT2D eigenvalue weighted by Gasteiger charge is 2.39. The van der Waals surface area contributed by atoms with Crippen molar-refractivity contribution in [3.05, 3.63) is 52.4 Å². The number of carbonyl (C=O) groups is 1. The fraction of sp³-hybridized carbons (Fsp3) is 0.375. The SMILES string of the molecule is CCc1ccc(OCCNC(=O)C2=C(C)c3cc(OC)c(OC)cc3N(CC)S2(=O)=O)cc1. The Morgan fingerprint density at radius 3 is 2.24 bits per heavy atom. The average molecular weight is 475 g/mol. The summed E-state index contributed by atoms with van der Waals surface area (Å²) in [5.41, 5.74) is 2.60. The van der Waals surface area contributed by atoms with Crippen molar-refractivity contribution in [3.63, 3.8) is 0 Å². The van der Waals surface area contributed by atoms with Gasteiger partial charge in [0.15, 0.2) is 16.4 Å². The topological polar surface area (TPSA) is 94.2 Å². The molecule has 0 atom stereocenters. The number of carbonyl (C=O) groups excluding carboxylic acids is 1. The van der Waals surface area contributed by atoms with E-state index in [2.05, 4.69) is 12.2 Å². The van der Waals surface area contributed by atoms with Crippen molar-refractivity contribution < 1.29 is 27.4 Å². The average Bonchev–Trinajstić information content (AvgIpc) is 2.81. The van der Waals surface area contributed by atoms with Gasteiger partial charge >= 0.3 is 0 Å². The molecule has 0 aromatic heterocycles. The molecule has 0 radical (unpaired) electrons. The molecule has 1 amide bonds. The zero-order chi connectivity index (χ0) is 24.2. The highest BCUT2D eigenvalue weighted by atomic mass is 32.2. The Morgan fingerprint density at radius 1 is 1.03 bits per heavy atom. The summed E-state index contributed by atoms with van der Waals surface area (Å²) in [5.74, 6) is 0.883. The summed E-state index contributed by atoms with van der Waals surface area (Å²) < 4.78 is 44.2. The molecule has 8 nitrogen and oxygen atoms in total. The van der Waals surface area contributed by atoms with Crippen molar-refractivity contribution in [1.82, 2.24) is 5.32 Å². The molecule has 178 valence electrons. The minimum absolute atomic E-state index is 0.158. The lowest BCUT2D eigenvalue weighted by atomic mass is 10.0. The van der Waals surface area contributed by atoms with E-state index in [-0.39, 0.29) is 24.6 Å². The number of ether oxygens (including phenoxy) is 3. The summed E-state index contributed by atoms with van der Waals surface area (Å²) in [6, 6.07) is 11.0. The molecule has 0 saturated heterocycles. The number of aryl methyl sites for hydroxylation is 1. The van der Waals surface area contributed by atoms with Crippen LogP contribution in [0.25, 0.3) is 5.57 Å². The Morgan fingerprint density at radius 2 is 1.67 bits per heavy atom. The van der Waals surface area contributed by atoms with E-state index in [0.29, 0.717) is 34.1 Å². The lowest BCUT2D eigenvalue weighted by molar-refractivity contribution is -0.116. The third kappa shape index (κ3) is 4.78. The van der Waals surface area contributed by atoms with Crippen molar-refractivity contribution in [1.29, 1.82) is 0 Å². The molecule has 0 bridgehead atoms. The molecule has 33 heavy (non-hydrogen) atoms. The fourth-order valence-corrected chi connectivity index (χ4v) is 5.57. The molecule has 1 aliphatic rings. The summed E-state index contributed by atoms with van der Waals surface area (Å²) in [4.78, 5) is 12.7. The molecule has 0 saturated carbocycles. The van der Waals surface area contributed by atoms with Crippen molar-refractivity contribution in [2.45, 2.75) is 27.2 Å². The maximum atomic E-state index is 13.3. The van der Waals surface area contributed by atoms with Gasteiger partial charge in [-0.2, -0.15) is 0 Å². The number of nitrogens with one attached hydrogen (secondary N) is 1. The van der Waals surface area contributed by atoms with E-state index in [9.17, 15) is 13.2 Å². The smallest absolute Gasteiger partial charge is 0.270 e. The zero-order valence-corrected chi connectivity index (χ0v) is 20.4. The summed E-state index contributed by atoms with van der Waals surface area (Å²) in [5, 5.41) is 2.67. The predicted molar refractivity (Wildman–Crippen MR) is 128 cm³/mol. The Hall–Kier alpha value is -3.20. The summed E-state index contributed by atoms with van der Waals surface area (Å²) in [6.07, 6.45) is 0.940. The molecule has 1 aliphatic heterocycles. The number of amides is 1. The second kappa shape index (κ2) is 10.2. The normalized spacial score (nSPS) is 14.5. The standard InChI is InChI=1S/C24H30N2O6S/c1-6-17-8-10-18(11-9-17)32-13-12-25-24(27)23-16(3)19-14-21(30-4)22(31-5)15-20(19)26(7-2)33(23,28)29/h8-11,14-15H,6-7,12-13H2,1-5H3,(H,25,27). The van der Waals surface area contributed by atoms with Crippen molar-refractivity contribution in [2.75, 3.05) is 38.2 Å². The minimum Gasteiger partial charge on any atom is -0.493 e. The number of allylic oxidation sites excluding steroid dienone is 1. The van der Waals surface area contributed by atoms with Crippen molar-refractivity contribution >= 4 is 27.2 Å². The first-order valence-electron chi connectivity index (χ1n) is 10.8. The molecule has 1 N–H and O–H groups in total. The van der Waals surface area contributed by atoms with Gasteiger partial charge in [0.1, 0.15) is 12.4 Å². The number of rotatable bonds is 9. The maximum absolute atomic E-state index is 13.3. The van der Waals surface area contributed by atoms with Crippen molar-refractivity contribution in [2.24, 2.45) is 0 Å². The van der Waals surface area contributed by atoms with Crippen molar-refractivity contribution in [3.8, 4) is 17.2 Å². The molecular formula is C24H30N2O6S. The van der Waals surface area contributed by atoms with Gasteiger partial charge in [-0.15, -0.1) is 0 Å². The summed E-state index contributed by atoms with van der Waals surface area (Å²) >= 11 is 0. The van der Waals surface area contributed by atoms with E-state index >= 15 is 0 Å². The number of sulfonamides is 1. The number of methoxy groups -OCH3 is 2. The fourth-order valence-electron chi connectivity index (χ4n) is 3.79. The predicted octanol–water partition coefficient (Wildman–Crippen LogP) is 3.36. The van der Waals surface area contributed by atoms with Gasteiger partial charge in [0.25, 0.3) is 15.9 Å². The number of hydrogen-bond donors (Lipinski definition) is 1. The van der Waals surface area contributed by atoms with Crippen LogP contribution in [-0.2, 0) is 21.2 Å². The largest absolute Gasteiger partial charge is 0.493 e. The maximum Gasteiger partial charge on any atom is 0.270 e. The molecule has 2 aromatic rings. The van der Waals surface area contributed by atoms with E-state index < -0.39 is 15.9 Å². The molecule has 2 aromatic carbocycles. The van der Waals surface area contributed by atoms with E-state index in [4.69, 9.17) is 14.2 Å². The van der Waals surface area contributed by atoms with E-state index in [1.165, 1.54) is 24.1 Å². The number of nitrogens with zero attached hydrogens (tertiary/aromatic N) is 1. The monoisotopic (exact) mass is 474 g/mol. The molecule has 1 heterocycles. The minimum atomic E-state index is -4.05. The lowest BCUT2D eigenvalue weighted by Gasteiger charge is -2.32. The zero-order valence-electron chi connectivity index (χ0n) is 19.6. The number of hydrogen-bond acceptors (Lipinski definition) is 6. The van der Waals surface area contributed by atoms with Gasteiger partial charge in [-0.1, -0.05) is 19.1 Å². The van der Waals surface area contributed by atoms with Crippen LogP contribution < -0.4 is 23.8 Å². The molecule has 0 spiro atoms. The van der Waals surface area contributed by atoms with Crippen LogP contribution >= 0.6 is 0 Å². The third-order valence-corrected chi connectivity index (χ3v) is 7.59. The second-order valence-corrected chi connectivity index (χ2v) is 9.25. The van der Waals surface area contributed by atoms with E-state index in [1.807, 2.05) is 24.3 Å². The molecule has 3 rings (SSSR count). The van der Waals surface area contributed by atoms with Crippen LogP contribution in [0.3, 0.4) is 0 Å². The van der Waals surface area contributed by atoms with Gasteiger partial charge in [-0.05, 0) is 49.6 Å². The molecule has 0 fully saturated rings. The first-order chi connectivity index (χ1) is 15.8. The van der Waals surface area contributed by atoms with Crippen LogP contribution in [0, 0.1) is 0 Å². The Kier molecular flexibility index (Phi) is 7.53. The Bertz CT molecular complexity index is 1160. The quantitative estimate of drug-likeness (QED) is 0.560. The van der Waals surface area contributed by atoms with Gasteiger partial charge in [0, 0.05) is 18.2 Å². The van der Waals surface area contributed by atoms with Crippen LogP contribution in [0.4, 0.5) is 5.69 Å². The van der Waals surface area contributed by atoms with Gasteiger partial charge in [-0.3, -0.25) is 9.10 Å². The third-order valence-electron chi connectivity index (χ3n) is 5.54. The van der Waals surface area contributed by atoms with E-state index in [1.54, 1.807) is 26.0 Å². The van der Waals surface area contributed by atoms with E-state index in [0.717, 1.165) is 6.42 Å². The Balaban J connectivity index is 1.83. The number of anilines is 1. The molecule has 0 aliphatic carbocycles. The number of benzene rings is 2. The molecular weight excluding hydrogens is 444 g/mol. The second-order valence-electron chi connectivity index (χ2n) is 7.45. The Labute approximate surface area is 195 Å². The molecule has 9 heteroatoms. The molecule has 0 unspecified atom stereocenters. The number of fused-ring (bicyclic) bond motifs is 1. The van der Waals surface area contributed by atoms with Gasteiger partial charge < -0.3 is 19.5 Å².